The number of nitrogens with two attached hydrogens (primary N) is 1. The van der Waals surface area contributed by atoms with Crippen LogP contribution in [0.4, 0.5) is 11.4 Å². The lowest BCUT2D eigenvalue weighted by Crippen LogP contribution is -2.28. The number of amides is 1. The van der Waals surface area contributed by atoms with Crippen molar-refractivity contribution in [1.29, 1.82) is 0 Å². The number of halogens is 3. The summed E-state index contributed by atoms with van der Waals surface area (Å²) in [6.07, 6.45) is 1.25. The summed E-state index contributed by atoms with van der Waals surface area (Å²) < 4.78 is 0. The molecule has 0 fully saturated rings. The van der Waals surface area contributed by atoms with Gasteiger partial charge in [-0.05, 0) is 18.5 Å². The van der Waals surface area contributed by atoms with Crippen LogP contribution in [0, 0.1) is 17.0 Å². The summed E-state index contributed by atoms with van der Waals surface area (Å²) in [5, 5.41) is 14.5. The van der Waals surface area contributed by atoms with Crippen LogP contribution in [0.5, 0.6) is 0 Å². The van der Waals surface area contributed by atoms with Crippen molar-refractivity contribution in [2.45, 2.75) is 6.92 Å². The molecule has 1 heterocycles. The van der Waals surface area contributed by atoms with Gasteiger partial charge in [0.1, 0.15) is 10.0 Å². The lowest BCUT2D eigenvalue weighted by atomic mass is 10.1. The van der Waals surface area contributed by atoms with E-state index in [1.807, 2.05) is 0 Å². The van der Waals surface area contributed by atoms with Crippen molar-refractivity contribution in [2.75, 3.05) is 5.73 Å². The first-order chi connectivity index (χ1) is 11.7. The predicted octanol–water partition coefficient (Wildman–Crippen LogP) is 3.02. The summed E-state index contributed by atoms with van der Waals surface area (Å²) >= 11 is 17.6. The molecule has 11 heteroatoms. The van der Waals surface area contributed by atoms with Crippen LogP contribution < -0.4 is 16.1 Å². The maximum absolute atomic E-state index is 12.1. The predicted molar refractivity (Wildman–Crippen MR) is 95.3 cm³/mol. The second-order valence-electron chi connectivity index (χ2n) is 4.86. The third kappa shape index (κ3) is 4.16. The molecule has 0 aliphatic rings. The highest BCUT2D eigenvalue weighted by molar-refractivity contribution is 6.45. The van der Waals surface area contributed by atoms with Crippen molar-refractivity contribution in [2.24, 2.45) is 5.10 Å². The van der Waals surface area contributed by atoms with E-state index >= 15 is 0 Å². The molecule has 0 aliphatic carbocycles. The highest BCUT2D eigenvalue weighted by Crippen LogP contribution is 2.31. The minimum absolute atomic E-state index is 0.00122. The van der Waals surface area contributed by atoms with E-state index in [-0.39, 0.29) is 32.3 Å². The number of hydrazone groups is 1. The molecule has 0 saturated carbocycles. The Balaban J connectivity index is 2.19. The molecule has 130 valence electrons. The van der Waals surface area contributed by atoms with Crippen LogP contribution >= 0.6 is 34.8 Å². The van der Waals surface area contributed by atoms with Gasteiger partial charge in [0.25, 0.3) is 16.5 Å². The van der Waals surface area contributed by atoms with E-state index in [4.69, 9.17) is 40.5 Å². The zero-order valence-corrected chi connectivity index (χ0v) is 14.9. The Labute approximate surface area is 156 Å². The Morgan fingerprint density at radius 1 is 1.36 bits per heavy atom. The summed E-state index contributed by atoms with van der Waals surface area (Å²) in [7, 11) is 0. The molecule has 0 radical (unpaired) electrons. The molecule has 2 rings (SSSR count). The number of nitrogens with one attached hydrogen (secondary N) is 2. The number of hydrogen-bond acceptors (Lipinski definition) is 5. The van der Waals surface area contributed by atoms with Crippen molar-refractivity contribution in [3.05, 3.63) is 60.3 Å². The summed E-state index contributed by atoms with van der Waals surface area (Å²) in [4.78, 5) is 25.0. The number of nitro groups is 1. The standard InChI is InChI=1S/C14H10Cl3N5O3/c1-6-2-3-7(4-8(6)22(24)25)5-19-21-14(23)12-9(15)11(18)10(16)13(17)20-12/h2-5H,1H3,(H2,18,20)(H,21,23)/p+1/b19-5-. The quantitative estimate of drug-likeness (QED) is 0.352. The number of H-pyrrole nitrogens is 1. The number of carbonyl (C=O) groups is 1. The molecular formula is C14H11Cl3N5O3+. The number of nitro benzene ring substituents is 1. The molecule has 0 aliphatic heterocycles. The minimum Gasteiger partial charge on any atom is -0.396 e. The number of hydrogen-bond donors (Lipinski definition) is 2. The largest absolute Gasteiger partial charge is 0.396 e. The number of carbonyl (C=O) groups excluding carboxylic acids is 1. The Morgan fingerprint density at radius 2 is 2.04 bits per heavy atom. The van der Waals surface area contributed by atoms with Crippen molar-refractivity contribution in [3.8, 4) is 0 Å². The molecule has 0 bridgehead atoms. The number of nitrogens with zero attached hydrogens (tertiary/aromatic N) is 2. The Hall–Kier alpha value is -2.42. The Bertz CT molecular complexity index is 902. The molecule has 0 unspecified atom stereocenters. The highest BCUT2D eigenvalue weighted by atomic mass is 35.5. The van der Waals surface area contributed by atoms with Crippen LogP contribution in [0.15, 0.2) is 23.3 Å². The first kappa shape index (κ1) is 18.9. The van der Waals surface area contributed by atoms with Gasteiger partial charge in [-0.1, -0.05) is 35.3 Å². The van der Waals surface area contributed by atoms with Crippen molar-refractivity contribution >= 4 is 58.3 Å². The average molecular weight is 404 g/mol. The highest BCUT2D eigenvalue weighted by Gasteiger charge is 2.25. The van der Waals surface area contributed by atoms with Crippen LogP contribution in [0.3, 0.4) is 0 Å². The van der Waals surface area contributed by atoms with Crippen LogP contribution in [-0.2, 0) is 0 Å². The number of rotatable bonds is 4. The molecule has 1 aromatic carbocycles. The summed E-state index contributed by atoms with van der Waals surface area (Å²) in [6.45, 7) is 1.62. The van der Waals surface area contributed by atoms with E-state index in [0.29, 0.717) is 11.1 Å². The SMILES string of the molecule is Cc1ccc(/C=N\NC(=O)c2[nH+]c(Cl)c(Cl)c(N)c2Cl)cc1[N+](=O)[O-]. The monoisotopic (exact) mass is 402 g/mol. The van der Waals surface area contributed by atoms with E-state index in [1.165, 1.54) is 12.3 Å². The van der Waals surface area contributed by atoms with Gasteiger partial charge in [0.05, 0.1) is 16.8 Å². The van der Waals surface area contributed by atoms with E-state index < -0.39 is 10.8 Å². The third-order valence-corrected chi connectivity index (χ3v) is 4.32. The summed E-state index contributed by atoms with van der Waals surface area (Å²) in [6, 6.07) is 4.53. The first-order valence-corrected chi connectivity index (χ1v) is 7.79. The molecule has 0 saturated heterocycles. The lowest BCUT2D eigenvalue weighted by Gasteiger charge is -2.02. The Kier molecular flexibility index (Phi) is 5.78. The van der Waals surface area contributed by atoms with Gasteiger partial charge >= 0.3 is 5.91 Å². The molecule has 0 atom stereocenters. The fraction of sp³-hybridized carbons (Fsp3) is 0.0714. The van der Waals surface area contributed by atoms with Gasteiger partial charge < -0.3 is 5.73 Å². The Morgan fingerprint density at radius 3 is 2.68 bits per heavy atom. The maximum Gasteiger partial charge on any atom is 0.337 e. The number of aromatic amines is 1. The second kappa shape index (κ2) is 7.64. The van der Waals surface area contributed by atoms with Gasteiger partial charge in [-0.25, -0.2) is 5.43 Å². The molecule has 25 heavy (non-hydrogen) atoms. The zero-order chi connectivity index (χ0) is 18.7. The smallest absolute Gasteiger partial charge is 0.337 e. The van der Waals surface area contributed by atoms with Gasteiger partial charge in [-0.15, -0.1) is 0 Å². The third-order valence-electron chi connectivity index (χ3n) is 3.16. The molecule has 8 nitrogen and oxygen atoms in total. The zero-order valence-electron chi connectivity index (χ0n) is 12.6. The van der Waals surface area contributed by atoms with Gasteiger partial charge in [-0.2, -0.15) is 10.1 Å². The number of benzene rings is 1. The number of anilines is 1. The number of pyridine rings is 1. The summed E-state index contributed by atoms with van der Waals surface area (Å²) in [5.74, 6) is -0.715. The number of aromatic nitrogens is 1. The maximum atomic E-state index is 12.1. The molecule has 1 amide bonds. The van der Waals surface area contributed by atoms with Crippen LogP contribution in [-0.4, -0.2) is 17.0 Å². The fourth-order valence-electron chi connectivity index (χ4n) is 1.85. The summed E-state index contributed by atoms with van der Waals surface area (Å²) in [5.41, 5.74) is 8.58. The lowest BCUT2D eigenvalue weighted by molar-refractivity contribution is -0.385. The van der Waals surface area contributed by atoms with Crippen molar-refractivity contribution in [1.82, 2.24) is 5.43 Å². The van der Waals surface area contributed by atoms with Crippen molar-refractivity contribution < 1.29 is 14.7 Å². The van der Waals surface area contributed by atoms with E-state index in [0.717, 1.165) is 0 Å². The topological polar surface area (TPSA) is 125 Å². The molecule has 4 N–H and O–H groups in total. The van der Waals surface area contributed by atoms with Gasteiger partial charge in [0, 0.05) is 17.2 Å². The normalized spacial score (nSPS) is 10.9. The van der Waals surface area contributed by atoms with Gasteiger partial charge in [-0.3, -0.25) is 14.9 Å². The second-order valence-corrected chi connectivity index (χ2v) is 5.99. The molecule has 2 aromatic rings. The van der Waals surface area contributed by atoms with Gasteiger partial charge in [0.15, 0.2) is 0 Å². The number of nitrogen functional groups attached to an aromatic ring is 1. The van der Waals surface area contributed by atoms with Crippen LogP contribution in [0.25, 0.3) is 0 Å². The molecule has 0 spiro atoms. The van der Waals surface area contributed by atoms with Gasteiger partial charge in [0.2, 0.25) is 0 Å². The number of aryl methyl sites for hydroxylation is 1. The molecule has 1 aromatic heterocycles. The van der Waals surface area contributed by atoms with Crippen LogP contribution in [0.1, 0.15) is 21.6 Å². The fourth-order valence-corrected chi connectivity index (χ4v) is 2.46. The van der Waals surface area contributed by atoms with Crippen molar-refractivity contribution in [3.63, 3.8) is 0 Å². The van der Waals surface area contributed by atoms with E-state index in [2.05, 4.69) is 15.5 Å². The van der Waals surface area contributed by atoms with Crippen LogP contribution in [0.2, 0.25) is 15.2 Å². The average Bonchev–Trinajstić information content (AvgIpc) is 2.57. The minimum atomic E-state index is -0.715. The molecular weight excluding hydrogens is 393 g/mol. The van der Waals surface area contributed by atoms with E-state index in [1.54, 1.807) is 19.1 Å². The van der Waals surface area contributed by atoms with E-state index in [9.17, 15) is 14.9 Å². The first-order valence-electron chi connectivity index (χ1n) is 6.66.